The van der Waals surface area contributed by atoms with Gasteiger partial charge in [0.1, 0.15) is 11.8 Å². The highest BCUT2D eigenvalue weighted by Gasteiger charge is 2.11. The standard InChI is InChI=1S/C15H17N3O5/c1-4-21-14(23-15(19)22-5-2)18-17-13(10-16)11-6-8-12(20-3)9-7-11/h6-9H,4-5H2,1-3H3/b17-13+,18-14-. The van der Waals surface area contributed by atoms with Crippen molar-refractivity contribution in [3.8, 4) is 11.8 Å². The van der Waals surface area contributed by atoms with E-state index in [1.165, 1.54) is 0 Å². The van der Waals surface area contributed by atoms with E-state index in [2.05, 4.69) is 14.9 Å². The smallest absolute Gasteiger partial charge is 0.497 e. The van der Waals surface area contributed by atoms with Crippen molar-refractivity contribution < 1.29 is 23.7 Å². The number of methoxy groups -OCH3 is 1. The van der Waals surface area contributed by atoms with E-state index >= 15 is 0 Å². The second kappa shape index (κ2) is 9.78. The van der Waals surface area contributed by atoms with E-state index < -0.39 is 12.2 Å². The van der Waals surface area contributed by atoms with E-state index in [1.807, 2.05) is 6.07 Å². The average molecular weight is 319 g/mol. The molecule has 0 aliphatic carbocycles. The third kappa shape index (κ3) is 6.05. The Bertz CT molecular complexity index is 617. The van der Waals surface area contributed by atoms with Gasteiger partial charge in [0.15, 0.2) is 5.71 Å². The molecule has 0 aliphatic heterocycles. The molecule has 0 bridgehead atoms. The molecule has 0 amide bonds. The van der Waals surface area contributed by atoms with Gasteiger partial charge in [0.2, 0.25) is 0 Å². The summed E-state index contributed by atoms with van der Waals surface area (Å²) < 4.78 is 19.4. The summed E-state index contributed by atoms with van der Waals surface area (Å²) in [4.78, 5) is 11.3. The van der Waals surface area contributed by atoms with Crippen LogP contribution in [0.25, 0.3) is 0 Å². The quantitative estimate of drug-likeness (QED) is 0.357. The van der Waals surface area contributed by atoms with E-state index in [1.54, 1.807) is 45.2 Å². The SMILES string of the molecule is CCOC(=O)O/C(=N\N=C(/C#N)c1ccc(OC)cc1)OCC. The fraction of sp³-hybridized carbons (Fsp3) is 0.333. The summed E-state index contributed by atoms with van der Waals surface area (Å²) in [7, 11) is 1.54. The molecular weight excluding hydrogens is 302 g/mol. The zero-order chi connectivity index (χ0) is 17.1. The molecule has 0 N–H and O–H groups in total. The van der Waals surface area contributed by atoms with Gasteiger partial charge in [-0.1, -0.05) is 5.10 Å². The molecule has 1 aromatic carbocycles. The van der Waals surface area contributed by atoms with Crippen LogP contribution in [0.2, 0.25) is 0 Å². The second-order valence-corrected chi connectivity index (χ2v) is 3.87. The molecule has 0 atom stereocenters. The molecule has 1 aromatic rings. The summed E-state index contributed by atoms with van der Waals surface area (Å²) in [5, 5.41) is 16.5. The molecule has 0 aromatic heterocycles. The van der Waals surface area contributed by atoms with E-state index in [9.17, 15) is 4.79 Å². The summed E-state index contributed by atoms with van der Waals surface area (Å²) in [6.07, 6.45) is -1.36. The van der Waals surface area contributed by atoms with Crippen LogP contribution < -0.4 is 4.74 Å². The van der Waals surface area contributed by atoms with Gasteiger partial charge in [0, 0.05) is 5.56 Å². The molecule has 8 heteroatoms. The van der Waals surface area contributed by atoms with E-state index in [0.29, 0.717) is 11.3 Å². The summed E-state index contributed by atoms with van der Waals surface area (Å²) >= 11 is 0. The molecule has 1 rings (SSSR count). The van der Waals surface area contributed by atoms with Crippen molar-refractivity contribution in [3.63, 3.8) is 0 Å². The lowest BCUT2D eigenvalue weighted by molar-refractivity contribution is 0.0826. The van der Waals surface area contributed by atoms with Crippen LogP contribution in [-0.4, -0.2) is 38.3 Å². The highest BCUT2D eigenvalue weighted by atomic mass is 16.8. The summed E-state index contributed by atoms with van der Waals surface area (Å²) in [6, 6.07) is 8.59. The van der Waals surface area contributed by atoms with Crippen LogP contribution in [0.1, 0.15) is 19.4 Å². The van der Waals surface area contributed by atoms with Gasteiger partial charge in [-0.2, -0.15) is 5.26 Å². The third-order valence-corrected chi connectivity index (χ3v) is 2.40. The third-order valence-electron chi connectivity index (χ3n) is 2.40. The van der Waals surface area contributed by atoms with Gasteiger partial charge in [-0.3, -0.25) is 0 Å². The van der Waals surface area contributed by atoms with Gasteiger partial charge >= 0.3 is 12.2 Å². The van der Waals surface area contributed by atoms with Crippen molar-refractivity contribution in [2.45, 2.75) is 13.8 Å². The fourth-order valence-electron chi connectivity index (χ4n) is 1.41. The number of benzene rings is 1. The number of nitriles is 1. The molecule has 122 valence electrons. The average Bonchev–Trinajstić information content (AvgIpc) is 2.56. The number of carbonyl (C=O) groups is 1. The first-order chi connectivity index (χ1) is 11.1. The van der Waals surface area contributed by atoms with Crippen molar-refractivity contribution in [1.82, 2.24) is 0 Å². The predicted octanol–water partition coefficient (Wildman–Crippen LogP) is 2.49. The van der Waals surface area contributed by atoms with Gasteiger partial charge in [0.05, 0.1) is 20.3 Å². The van der Waals surface area contributed by atoms with Crippen LogP contribution in [-0.2, 0) is 14.2 Å². The molecule has 23 heavy (non-hydrogen) atoms. The molecular formula is C15H17N3O5. The Morgan fingerprint density at radius 2 is 1.78 bits per heavy atom. The fourth-order valence-corrected chi connectivity index (χ4v) is 1.41. The molecule has 0 unspecified atom stereocenters. The Morgan fingerprint density at radius 1 is 1.13 bits per heavy atom. The minimum Gasteiger partial charge on any atom is -0.497 e. The summed E-state index contributed by atoms with van der Waals surface area (Å²) in [5.41, 5.74) is 0.557. The van der Waals surface area contributed by atoms with Crippen molar-refractivity contribution in [2.75, 3.05) is 20.3 Å². The van der Waals surface area contributed by atoms with E-state index in [0.717, 1.165) is 0 Å². The molecule has 0 heterocycles. The van der Waals surface area contributed by atoms with Gasteiger partial charge in [-0.15, -0.1) is 5.10 Å². The largest absolute Gasteiger partial charge is 0.517 e. The van der Waals surface area contributed by atoms with Gasteiger partial charge < -0.3 is 18.9 Å². The minimum atomic E-state index is -0.960. The molecule has 0 spiro atoms. The van der Waals surface area contributed by atoms with Crippen molar-refractivity contribution in [2.24, 2.45) is 10.2 Å². The van der Waals surface area contributed by atoms with Crippen LogP contribution in [0.15, 0.2) is 34.5 Å². The maximum absolute atomic E-state index is 11.3. The summed E-state index contributed by atoms with van der Waals surface area (Å²) in [5.74, 6) is 0.648. The van der Waals surface area contributed by atoms with Gasteiger partial charge in [-0.25, -0.2) is 4.79 Å². The topological polar surface area (TPSA) is 102 Å². The lowest BCUT2D eigenvalue weighted by atomic mass is 10.1. The number of hydrogen-bond donors (Lipinski definition) is 0. The van der Waals surface area contributed by atoms with Crippen molar-refractivity contribution >= 4 is 18.0 Å². The first-order valence-electron chi connectivity index (χ1n) is 6.82. The minimum absolute atomic E-state index is 0.0253. The second-order valence-electron chi connectivity index (χ2n) is 3.87. The number of carbonyl (C=O) groups excluding carboxylic acids is 1. The first kappa shape index (κ1) is 18.0. The van der Waals surface area contributed by atoms with Crippen LogP contribution >= 0.6 is 0 Å². The van der Waals surface area contributed by atoms with Gasteiger partial charge in [-0.05, 0) is 38.1 Å². The van der Waals surface area contributed by atoms with Crippen molar-refractivity contribution in [1.29, 1.82) is 5.26 Å². The molecule has 0 saturated heterocycles. The number of ether oxygens (including phenoxy) is 4. The Hall–Kier alpha value is -3.08. The van der Waals surface area contributed by atoms with Crippen molar-refractivity contribution in [3.05, 3.63) is 29.8 Å². The highest BCUT2D eigenvalue weighted by Crippen LogP contribution is 2.12. The Labute approximate surface area is 133 Å². The molecule has 0 saturated carbocycles. The normalized spacial score (nSPS) is 11.4. The Morgan fingerprint density at radius 3 is 2.30 bits per heavy atom. The molecule has 0 radical (unpaired) electrons. The number of nitrogens with zero attached hydrogens (tertiary/aromatic N) is 3. The number of hydrogen-bond acceptors (Lipinski definition) is 8. The highest BCUT2D eigenvalue weighted by molar-refractivity contribution is 6.11. The Balaban J connectivity index is 2.95. The van der Waals surface area contributed by atoms with Crippen LogP contribution in [0.3, 0.4) is 0 Å². The number of rotatable bonds is 5. The lowest BCUT2D eigenvalue weighted by Gasteiger charge is -2.05. The van der Waals surface area contributed by atoms with Crippen LogP contribution in [0, 0.1) is 11.3 Å². The zero-order valence-electron chi connectivity index (χ0n) is 13.1. The maximum atomic E-state index is 11.3. The Kier molecular flexibility index (Phi) is 7.64. The first-order valence-corrected chi connectivity index (χ1v) is 6.82. The van der Waals surface area contributed by atoms with E-state index in [4.69, 9.17) is 19.5 Å². The monoisotopic (exact) mass is 319 g/mol. The van der Waals surface area contributed by atoms with Crippen LogP contribution in [0.5, 0.6) is 5.75 Å². The van der Waals surface area contributed by atoms with Gasteiger partial charge in [0.25, 0.3) is 0 Å². The zero-order valence-corrected chi connectivity index (χ0v) is 13.1. The molecule has 0 fully saturated rings. The summed E-state index contributed by atoms with van der Waals surface area (Å²) in [6.45, 7) is 3.67. The maximum Gasteiger partial charge on any atom is 0.517 e. The lowest BCUT2D eigenvalue weighted by Crippen LogP contribution is -2.16. The van der Waals surface area contributed by atoms with Crippen LogP contribution in [0.4, 0.5) is 4.79 Å². The van der Waals surface area contributed by atoms with E-state index in [-0.39, 0.29) is 18.9 Å². The molecule has 8 nitrogen and oxygen atoms in total. The molecule has 0 aliphatic rings. The predicted molar refractivity (Wildman–Crippen MR) is 82.3 cm³/mol.